The average Bonchev–Trinajstić information content (AvgIpc) is 2.76. The van der Waals surface area contributed by atoms with Crippen LogP contribution < -0.4 is 5.73 Å². The third-order valence-electron chi connectivity index (χ3n) is 3.40. The second kappa shape index (κ2) is 5.41. The zero-order valence-electron chi connectivity index (χ0n) is 9.97. The van der Waals surface area contributed by atoms with E-state index in [1.165, 1.54) is 32.4 Å². The van der Waals surface area contributed by atoms with E-state index in [9.17, 15) is 0 Å². The van der Waals surface area contributed by atoms with Gasteiger partial charge in [0, 0.05) is 19.3 Å². The average molecular weight is 223 g/mol. The molecule has 1 saturated heterocycles. The number of rotatable bonds is 4. The van der Waals surface area contributed by atoms with Gasteiger partial charge in [-0.2, -0.15) is 0 Å². The fourth-order valence-electron chi connectivity index (χ4n) is 2.21. The summed E-state index contributed by atoms with van der Waals surface area (Å²) in [6, 6.07) is 0. The van der Waals surface area contributed by atoms with Crippen LogP contribution in [0.15, 0.2) is 6.20 Å². The monoisotopic (exact) mass is 223 g/mol. The molecule has 0 bridgehead atoms. The molecule has 1 aromatic rings. The molecule has 0 saturated carbocycles. The quantitative estimate of drug-likeness (QED) is 0.806. The van der Waals surface area contributed by atoms with Crippen molar-refractivity contribution < 1.29 is 0 Å². The predicted molar refractivity (Wildman–Crippen MR) is 62.8 cm³/mol. The lowest BCUT2D eigenvalue weighted by atomic mass is 9.94. The van der Waals surface area contributed by atoms with E-state index in [1.807, 2.05) is 10.9 Å². The molecule has 5 nitrogen and oxygen atoms in total. The standard InChI is InChI=1S/C11H21N5/c1-15-5-2-10(3-6-15)4-7-16-9-11(8-12)13-14-16/h9-10H,2-8,12H2,1H3. The van der Waals surface area contributed by atoms with Gasteiger partial charge >= 0.3 is 0 Å². The highest BCUT2D eigenvalue weighted by Gasteiger charge is 2.16. The van der Waals surface area contributed by atoms with Gasteiger partial charge in [-0.1, -0.05) is 5.21 Å². The molecule has 2 heterocycles. The van der Waals surface area contributed by atoms with Crippen LogP contribution in [-0.2, 0) is 13.1 Å². The van der Waals surface area contributed by atoms with Crippen LogP contribution in [0.4, 0.5) is 0 Å². The molecule has 0 spiro atoms. The van der Waals surface area contributed by atoms with Crippen LogP contribution >= 0.6 is 0 Å². The van der Waals surface area contributed by atoms with Crippen LogP contribution in [0.5, 0.6) is 0 Å². The second-order valence-electron chi connectivity index (χ2n) is 4.71. The number of hydrogen-bond acceptors (Lipinski definition) is 4. The number of likely N-dealkylation sites (tertiary alicyclic amines) is 1. The highest BCUT2D eigenvalue weighted by atomic mass is 15.4. The molecule has 1 aromatic heterocycles. The summed E-state index contributed by atoms with van der Waals surface area (Å²) >= 11 is 0. The first kappa shape index (κ1) is 11.5. The molecule has 16 heavy (non-hydrogen) atoms. The molecule has 0 aromatic carbocycles. The Morgan fingerprint density at radius 3 is 2.81 bits per heavy atom. The Hall–Kier alpha value is -0.940. The predicted octanol–water partition coefficient (Wildman–Crippen LogP) is 0.469. The number of piperidine rings is 1. The van der Waals surface area contributed by atoms with Gasteiger partial charge in [-0.15, -0.1) is 5.10 Å². The van der Waals surface area contributed by atoms with Crippen LogP contribution in [0.1, 0.15) is 25.0 Å². The SMILES string of the molecule is CN1CCC(CCn2cc(CN)nn2)CC1. The number of nitrogens with two attached hydrogens (primary N) is 1. The van der Waals surface area contributed by atoms with Gasteiger partial charge in [-0.3, -0.25) is 4.68 Å². The number of aromatic nitrogens is 3. The van der Waals surface area contributed by atoms with Crippen LogP contribution in [0.3, 0.4) is 0 Å². The molecule has 0 aliphatic carbocycles. The maximum atomic E-state index is 5.50. The van der Waals surface area contributed by atoms with Crippen LogP contribution in [0, 0.1) is 5.92 Å². The van der Waals surface area contributed by atoms with Gasteiger partial charge in [0.05, 0.1) is 5.69 Å². The largest absolute Gasteiger partial charge is 0.325 e. The molecule has 0 atom stereocenters. The summed E-state index contributed by atoms with van der Waals surface area (Å²) in [4.78, 5) is 2.40. The van der Waals surface area contributed by atoms with E-state index >= 15 is 0 Å². The van der Waals surface area contributed by atoms with Crippen molar-refractivity contribution in [1.82, 2.24) is 19.9 Å². The van der Waals surface area contributed by atoms with Crippen LogP contribution in [-0.4, -0.2) is 40.0 Å². The van der Waals surface area contributed by atoms with Crippen molar-refractivity contribution >= 4 is 0 Å². The Morgan fingerprint density at radius 1 is 1.44 bits per heavy atom. The van der Waals surface area contributed by atoms with Crippen LogP contribution in [0.25, 0.3) is 0 Å². The minimum absolute atomic E-state index is 0.480. The summed E-state index contributed by atoms with van der Waals surface area (Å²) in [5, 5.41) is 8.05. The van der Waals surface area contributed by atoms with Crippen molar-refractivity contribution in [1.29, 1.82) is 0 Å². The molecular formula is C11H21N5. The summed E-state index contributed by atoms with van der Waals surface area (Å²) in [5.41, 5.74) is 6.37. The molecule has 2 N–H and O–H groups in total. The Bertz CT molecular complexity index is 314. The topological polar surface area (TPSA) is 60.0 Å². The van der Waals surface area contributed by atoms with E-state index in [4.69, 9.17) is 5.73 Å². The van der Waals surface area contributed by atoms with Crippen molar-refractivity contribution in [2.75, 3.05) is 20.1 Å². The molecule has 0 amide bonds. The van der Waals surface area contributed by atoms with Gasteiger partial charge in [-0.05, 0) is 45.3 Å². The number of aryl methyl sites for hydroxylation is 1. The van der Waals surface area contributed by atoms with Crippen LogP contribution in [0.2, 0.25) is 0 Å². The zero-order valence-corrected chi connectivity index (χ0v) is 9.97. The summed E-state index contributed by atoms with van der Waals surface area (Å²) in [5.74, 6) is 0.849. The van der Waals surface area contributed by atoms with E-state index in [1.54, 1.807) is 0 Å². The highest BCUT2D eigenvalue weighted by molar-refractivity contribution is 4.90. The van der Waals surface area contributed by atoms with Gasteiger partial charge in [0.1, 0.15) is 0 Å². The van der Waals surface area contributed by atoms with Gasteiger partial charge in [0.2, 0.25) is 0 Å². The van der Waals surface area contributed by atoms with E-state index in [0.29, 0.717) is 6.54 Å². The smallest absolute Gasteiger partial charge is 0.0962 e. The number of nitrogens with zero attached hydrogens (tertiary/aromatic N) is 4. The van der Waals surface area contributed by atoms with Gasteiger partial charge in [-0.25, -0.2) is 0 Å². The molecular weight excluding hydrogens is 202 g/mol. The first-order valence-corrected chi connectivity index (χ1v) is 6.05. The van der Waals surface area contributed by atoms with E-state index < -0.39 is 0 Å². The van der Waals surface area contributed by atoms with Crippen molar-refractivity contribution in [3.63, 3.8) is 0 Å². The van der Waals surface area contributed by atoms with Gasteiger partial charge in [0.25, 0.3) is 0 Å². The Balaban J connectivity index is 1.74. The Kier molecular flexibility index (Phi) is 3.90. The molecule has 1 aliphatic heterocycles. The lowest BCUT2D eigenvalue weighted by Gasteiger charge is -2.28. The third kappa shape index (κ3) is 3.02. The molecule has 1 aliphatic rings. The fourth-order valence-corrected chi connectivity index (χ4v) is 2.21. The van der Waals surface area contributed by atoms with Crippen molar-refractivity contribution in [2.45, 2.75) is 32.4 Å². The Labute approximate surface area is 96.6 Å². The summed E-state index contributed by atoms with van der Waals surface area (Å²) in [6.45, 7) is 3.92. The molecule has 5 heteroatoms. The van der Waals surface area contributed by atoms with Crippen molar-refractivity contribution in [3.05, 3.63) is 11.9 Å². The lowest BCUT2D eigenvalue weighted by molar-refractivity contribution is 0.206. The highest BCUT2D eigenvalue weighted by Crippen LogP contribution is 2.19. The first-order chi connectivity index (χ1) is 7.78. The van der Waals surface area contributed by atoms with E-state index in [-0.39, 0.29) is 0 Å². The lowest BCUT2D eigenvalue weighted by Crippen LogP contribution is -2.30. The summed E-state index contributed by atoms with van der Waals surface area (Å²) in [6.07, 6.45) is 5.79. The van der Waals surface area contributed by atoms with E-state index in [0.717, 1.165) is 18.2 Å². The maximum Gasteiger partial charge on any atom is 0.0962 e. The molecule has 1 fully saturated rings. The Morgan fingerprint density at radius 2 is 2.19 bits per heavy atom. The molecule has 0 unspecified atom stereocenters. The third-order valence-corrected chi connectivity index (χ3v) is 3.40. The molecule has 0 radical (unpaired) electrons. The number of hydrogen-bond donors (Lipinski definition) is 1. The maximum absolute atomic E-state index is 5.50. The first-order valence-electron chi connectivity index (χ1n) is 6.05. The fraction of sp³-hybridized carbons (Fsp3) is 0.818. The molecule has 2 rings (SSSR count). The minimum Gasteiger partial charge on any atom is -0.325 e. The van der Waals surface area contributed by atoms with Gasteiger partial charge < -0.3 is 10.6 Å². The van der Waals surface area contributed by atoms with Crippen molar-refractivity contribution in [3.8, 4) is 0 Å². The van der Waals surface area contributed by atoms with Gasteiger partial charge in [0.15, 0.2) is 0 Å². The summed E-state index contributed by atoms with van der Waals surface area (Å²) < 4.78 is 1.92. The normalized spacial score (nSPS) is 19.1. The van der Waals surface area contributed by atoms with E-state index in [2.05, 4.69) is 22.3 Å². The zero-order chi connectivity index (χ0) is 11.4. The molecule has 90 valence electrons. The van der Waals surface area contributed by atoms with Crippen molar-refractivity contribution in [2.24, 2.45) is 11.7 Å². The summed E-state index contributed by atoms with van der Waals surface area (Å²) in [7, 11) is 2.20. The minimum atomic E-state index is 0.480. The second-order valence-corrected chi connectivity index (χ2v) is 4.71.